The first-order chi connectivity index (χ1) is 15.3. The molecule has 0 saturated heterocycles. The number of aromatic nitrogens is 1. The number of aliphatic hydroxyl groups is 1. The summed E-state index contributed by atoms with van der Waals surface area (Å²) >= 11 is 5.81. The number of H-pyrrole nitrogens is 1. The molecule has 2 aliphatic rings. The molecule has 4 N–H and O–H groups in total. The molecule has 10 heteroatoms. The Labute approximate surface area is 188 Å². The summed E-state index contributed by atoms with van der Waals surface area (Å²) in [7, 11) is 0. The van der Waals surface area contributed by atoms with Gasteiger partial charge in [-0.05, 0) is 42.5 Å². The van der Waals surface area contributed by atoms with Crippen LogP contribution in [0.1, 0.15) is 57.7 Å². The SMILES string of the molecule is O=C(N[C@H]1CCCC[C@@H]1O)c1[nH]c(=O)c(O)c2c1CCN(Cc1ccc(F)c(Cl)c1)C2=O. The fourth-order valence-electron chi connectivity index (χ4n) is 4.34. The summed E-state index contributed by atoms with van der Waals surface area (Å²) < 4.78 is 13.4. The van der Waals surface area contributed by atoms with Crippen LogP contribution in [0.15, 0.2) is 23.0 Å². The van der Waals surface area contributed by atoms with Crippen molar-refractivity contribution in [3.8, 4) is 5.75 Å². The first-order valence-corrected chi connectivity index (χ1v) is 10.8. The Hall–Kier alpha value is -2.91. The van der Waals surface area contributed by atoms with E-state index in [-0.39, 0.29) is 41.4 Å². The van der Waals surface area contributed by atoms with Gasteiger partial charge < -0.3 is 25.4 Å². The number of carbonyl (C=O) groups is 2. The maximum absolute atomic E-state index is 13.4. The van der Waals surface area contributed by atoms with Crippen LogP contribution in [0.25, 0.3) is 0 Å². The van der Waals surface area contributed by atoms with E-state index in [2.05, 4.69) is 10.3 Å². The molecule has 2 atom stereocenters. The molecule has 2 heterocycles. The Bertz CT molecular complexity index is 1140. The van der Waals surface area contributed by atoms with E-state index < -0.39 is 41.1 Å². The summed E-state index contributed by atoms with van der Waals surface area (Å²) in [5.74, 6) is -2.53. The van der Waals surface area contributed by atoms with Gasteiger partial charge in [-0.1, -0.05) is 30.5 Å². The number of benzene rings is 1. The Morgan fingerprint density at radius 3 is 2.75 bits per heavy atom. The van der Waals surface area contributed by atoms with Gasteiger partial charge >= 0.3 is 0 Å². The molecule has 2 amide bonds. The fourth-order valence-corrected chi connectivity index (χ4v) is 4.54. The normalized spacial score (nSPS) is 20.7. The van der Waals surface area contributed by atoms with Gasteiger partial charge in [-0.2, -0.15) is 0 Å². The zero-order chi connectivity index (χ0) is 23.0. The van der Waals surface area contributed by atoms with Crippen LogP contribution in [-0.4, -0.2) is 50.6 Å². The van der Waals surface area contributed by atoms with Crippen molar-refractivity contribution in [1.82, 2.24) is 15.2 Å². The van der Waals surface area contributed by atoms with Gasteiger partial charge in [-0.3, -0.25) is 14.4 Å². The van der Waals surface area contributed by atoms with Crippen molar-refractivity contribution >= 4 is 23.4 Å². The van der Waals surface area contributed by atoms with Crippen molar-refractivity contribution < 1.29 is 24.2 Å². The summed E-state index contributed by atoms with van der Waals surface area (Å²) in [6.45, 7) is 0.318. The van der Waals surface area contributed by atoms with E-state index in [1.165, 1.54) is 23.1 Å². The average molecular weight is 464 g/mol. The highest BCUT2D eigenvalue weighted by atomic mass is 35.5. The van der Waals surface area contributed by atoms with Crippen molar-refractivity contribution in [3.05, 3.63) is 61.8 Å². The molecular weight excluding hydrogens is 441 g/mol. The minimum Gasteiger partial charge on any atom is -0.502 e. The maximum atomic E-state index is 13.4. The quantitative estimate of drug-likeness (QED) is 0.553. The second kappa shape index (κ2) is 8.91. The van der Waals surface area contributed by atoms with E-state index in [9.17, 15) is 29.0 Å². The molecule has 8 nitrogen and oxygen atoms in total. The number of fused-ring (bicyclic) bond motifs is 1. The second-order valence-corrected chi connectivity index (χ2v) is 8.60. The average Bonchev–Trinajstić information content (AvgIpc) is 2.76. The van der Waals surface area contributed by atoms with Gasteiger partial charge in [-0.15, -0.1) is 0 Å². The number of aliphatic hydroxyl groups excluding tert-OH is 1. The Balaban J connectivity index is 1.62. The molecule has 4 rings (SSSR count). The molecule has 1 aliphatic heterocycles. The third-order valence-corrected chi connectivity index (χ3v) is 6.35. The van der Waals surface area contributed by atoms with Crippen LogP contribution < -0.4 is 10.9 Å². The van der Waals surface area contributed by atoms with Crippen molar-refractivity contribution in [2.75, 3.05) is 6.54 Å². The van der Waals surface area contributed by atoms with Crippen molar-refractivity contribution in [1.29, 1.82) is 0 Å². The lowest BCUT2D eigenvalue weighted by Crippen LogP contribution is -2.46. The van der Waals surface area contributed by atoms with Gasteiger partial charge in [0.05, 0.1) is 22.7 Å². The molecule has 2 aromatic rings. The lowest BCUT2D eigenvalue weighted by molar-refractivity contribution is 0.0704. The van der Waals surface area contributed by atoms with E-state index in [4.69, 9.17) is 11.6 Å². The molecule has 0 radical (unpaired) electrons. The van der Waals surface area contributed by atoms with E-state index in [1.807, 2.05) is 0 Å². The molecule has 0 bridgehead atoms. The molecular formula is C22H23ClFN3O5. The van der Waals surface area contributed by atoms with Gasteiger partial charge in [0.1, 0.15) is 11.5 Å². The summed E-state index contributed by atoms with van der Waals surface area (Å²) in [4.78, 5) is 42.1. The zero-order valence-electron chi connectivity index (χ0n) is 17.2. The van der Waals surface area contributed by atoms with Crippen molar-refractivity contribution in [3.63, 3.8) is 0 Å². The minimum absolute atomic E-state index is 0.0736. The number of halogens is 2. The Morgan fingerprint density at radius 2 is 2.03 bits per heavy atom. The highest BCUT2D eigenvalue weighted by Crippen LogP contribution is 2.28. The number of nitrogens with zero attached hydrogens (tertiary/aromatic N) is 1. The number of aromatic amines is 1. The highest BCUT2D eigenvalue weighted by Gasteiger charge is 2.34. The minimum atomic E-state index is -0.946. The summed E-state index contributed by atoms with van der Waals surface area (Å²) in [6.07, 6.45) is 2.48. The van der Waals surface area contributed by atoms with Crippen LogP contribution >= 0.6 is 11.6 Å². The number of hydrogen-bond acceptors (Lipinski definition) is 5. The number of hydrogen-bond donors (Lipinski definition) is 4. The largest absolute Gasteiger partial charge is 0.502 e. The molecule has 1 aromatic heterocycles. The third-order valence-electron chi connectivity index (χ3n) is 6.06. The topological polar surface area (TPSA) is 123 Å². The van der Waals surface area contributed by atoms with Gasteiger partial charge in [0.25, 0.3) is 17.4 Å². The first kappa shape index (κ1) is 22.3. The standard InChI is InChI=1S/C22H23ClFN3O5/c23-13-9-11(5-6-14(13)24)10-27-8-7-12-17(22(27)32)19(29)21(31)26-18(12)20(30)25-15-3-1-2-4-16(15)28/h5-6,9,15-16,28-29H,1-4,7-8,10H2,(H,25,30)(H,26,31)/t15-,16-/m0/s1. The molecule has 0 spiro atoms. The van der Waals surface area contributed by atoms with Crippen molar-refractivity contribution in [2.45, 2.75) is 50.8 Å². The number of pyridine rings is 1. The van der Waals surface area contributed by atoms with Crippen LogP contribution in [0, 0.1) is 5.82 Å². The molecule has 1 saturated carbocycles. The zero-order valence-corrected chi connectivity index (χ0v) is 17.9. The van der Waals surface area contributed by atoms with Crippen molar-refractivity contribution in [2.24, 2.45) is 0 Å². The monoisotopic (exact) mass is 463 g/mol. The fraction of sp³-hybridized carbons (Fsp3) is 0.409. The van der Waals surface area contributed by atoms with Gasteiger partial charge in [-0.25, -0.2) is 4.39 Å². The number of carbonyl (C=O) groups excluding carboxylic acids is 2. The number of amides is 2. The number of aromatic hydroxyl groups is 1. The third kappa shape index (κ3) is 4.22. The first-order valence-electron chi connectivity index (χ1n) is 10.5. The van der Waals surface area contributed by atoms with Gasteiger partial charge in [0.15, 0.2) is 5.75 Å². The molecule has 1 fully saturated rings. The van der Waals surface area contributed by atoms with E-state index in [0.29, 0.717) is 18.4 Å². The van der Waals surface area contributed by atoms with Gasteiger partial charge in [0, 0.05) is 13.1 Å². The van der Waals surface area contributed by atoms with Gasteiger partial charge in [0.2, 0.25) is 0 Å². The van der Waals surface area contributed by atoms with Crippen LogP contribution in [0.3, 0.4) is 0 Å². The smallest absolute Gasteiger partial charge is 0.291 e. The van der Waals surface area contributed by atoms with Crippen LogP contribution in [-0.2, 0) is 13.0 Å². The predicted molar refractivity (Wildman–Crippen MR) is 114 cm³/mol. The van der Waals surface area contributed by atoms with E-state index in [1.54, 1.807) is 0 Å². The van der Waals surface area contributed by atoms with Crippen LogP contribution in [0.2, 0.25) is 5.02 Å². The summed E-state index contributed by atoms with van der Waals surface area (Å²) in [5, 5.41) is 23.1. The maximum Gasteiger partial charge on any atom is 0.291 e. The lowest BCUT2D eigenvalue weighted by Gasteiger charge is -2.31. The Morgan fingerprint density at radius 1 is 1.28 bits per heavy atom. The highest BCUT2D eigenvalue weighted by molar-refractivity contribution is 6.30. The van der Waals surface area contributed by atoms with Crippen LogP contribution in [0.4, 0.5) is 4.39 Å². The Kier molecular flexibility index (Phi) is 6.21. The predicted octanol–water partition coefficient (Wildman–Crippen LogP) is 2.10. The van der Waals surface area contributed by atoms with Crippen LogP contribution in [0.5, 0.6) is 5.75 Å². The summed E-state index contributed by atoms with van der Waals surface area (Å²) in [5.41, 5.74) is -0.413. The number of nitrogens with one attached hydrogen (secondary N) is 2. The molecule has 1 aliphatic carbocycles. The van der Waals surface area contributed by atoms with E-state index >= 15 is 0 Å². The molecule has 32 heavy (non-hydrogen) atoms. The molecule has 1 aromatic carbocycles. The summed E-state index contributed by atoms with van der Waals surface area (Å²) in [6, 6.07) is 3.66. The second-order valence-electron chi connectivity index (χ2n) is 8.19. The lowest BCUT2D eigenvalue weighted by atomic mass is 9.92. The van der Waals surface area contributed by atoms with E-state index in [0.717, 1.165) is 12.8 Å². The molecule has 0 unspecified atom stereocenters. The molecule has 170 valence electrons. The number of rotatable bonds is 4.